The first-order valence-corrected chi connectivity index (χ1v) is 11.8. The van der Waals surface area contributed by atoms with Gasteiger partial charge in [0, 0.05) is 44.6 Å². The Kier molecular flexibility index (Phi) is 6.93. The number of aliphatic hydroxyl groups excluding tert-OH is 1. The first-order valence-electron chi connectivity index (χ1n) is 10.6. The molecule has 9 heteroatoms. The number of anilines is 1. The fourth-order valence-corrected chi connectivity index (χ4v) is 3.91. The van der Waals surface area contributed by atoms with Crippen LogP contribution in [0, 0.1) is 0 Å². The number of hydrogen-bond donors (Lipinski definition) is 2. The highest BCUT2D eigenvalue weighted by Crippen LogP contribution is 2.30. The average Bonchev–Trinajstić information content (AvgIpc) is 3.20. The Morgan fingerprint density at radius 3 is 2.56 bits per heavy atom. The molecular weight excluding hydrogens is 520 g/mol. The molecule has 1 atom stereocenters. The van der Waals surface area contributed by atoms with Crippen LogP contribution >= 0.6 is 27.5 Å². The molecule has 176 valence electrons. The predicted octanol–water partition coefficient (Wildman–Crippen LogP) is 6.40. The van der Waals surface area contributed by atoms with Gasteiger partial charge in [0.15, 0.2) is 0 Å². The zero-order valence-electron chi connectivity index (χ0n) is 18.9. The van der Waals surface area contributed by atoms with Crippen molar-refractivity contribution in [2.45, 2.75) is 39.0 Å². The van der Waals surface area contributed by atoms with E-state index in [4.69, 9.17) is 16.3 Å². The predicted molar refractivity (Wildman–Crippen MR) is 136 cm³/mol. The van der Waals surface area contributed by atoms with Gasteiger partial charge in [0.1, 0.15) is 23.2 Å². The van der Waals surface area contributed by atoms with E-state index in [1.54, 1.807) is 42.9 Å². The molecular formula is C25H24BrClN4O3. The molecule has 1 aromatic carbocycles. The average molecular weight is 544 g/mol. The maximum atomic E-state index is 13.0. The minimum absolute atomic E-state index is 0.253. The van der Waals surface area contributed by atoms with E-state index in [1.807, 2.05) is 39.0 Å². The van der Waals surface area contributed by atoms with Crippen LogP contribution in [0.15, 0.2) is 65.5 Å². The van der Waals surface area contributed by atoms with Crippen LogP contribution in [-0.4, -0.2) is 31.8 Å². The molecule has 4 rings (SSSR count). The number of fused-ring (bicyclic) bond motifs is 1. The van der Waals surface area contributed by atoms with E-state index >= 15 is 0 Å². The third-order valence-electron chi connectivity index (χ3n) is 5.06. The Balaban J connectivity index is 1.62. The van der Waals surface area contributed by atoms with Crippen LogP contribution in [0.1, 0.15) is 43.6 Å². The van der Waals surface area contributed by atoms with Crippen LogP contribution in [0.4, 0.5) is 10.6 Å². The minimum Gasteiger partial charge on any atom is -0.443 e. The number of aromatic amines is 1. The summed E-state index contributed by atoms with van der Waals surface area (Å²) in [5.41, 5.74) is 2.16. The topological polar surface area (TPSA) is 91.3 Å². The molecule has 0 saturated carbocycles. The fourth-order valence-electron chi connectivity index (χ4n) is 3.45. The molecule has 0 aliphatic rings. The van der Waals surface area contributed by atoms with E-state index < -0.39 is 17.8 Å². The number of pyridine rings is 2. The maximum Gasteiger partial charge on any atom is 0.416 e. The van der Waals surface area contributed by atoms with E-state index in [0.29, 0.717) is 27.6 Å². The summed E-state index contributed by atoms with van der Waals surface area (Å²) in [6.45, 7) is 5.69. The molecule has 3 aromatic heterocycles. The number of nitrogens with zero attached hydrogens (tertiary/aromatic N) is 3. The monoisotopic (exact) mass is 542 g/mol. The van der Waals surface area contributed by atoms with Crippen molar-refractivity contribution in [1.29, 1.82) is 0 Å². The summed E-state index contributed by atoms with van der Waals surface area (Å²) in [5, 5.41) is 12.4. The van der Waals surface area contributed by atoms with Gasteiger partial charge >= 0.3 is 6.09 Å². The van der Waals surface area contributed by atoms with E-state index in [1.165, 1.54) is 4.90 Å². The molecule has 0 radical (unpaired) electrons. The van der Waals surface area contributed by atoms with Crippen molar-refractivity contribution in [1.82, 2.24) is 15.0 Å². The maximum absolute atomic E-state index is 13.0. The number of ether oxygens (including phenoxy) is 1. The summed E-state index contributed by atoms with van der Waals surface area (Å²) in [5.74, 6) is 0.406. The molecule has 1 unspecified atom stereocenters. The largest absolute Gasteiger partial charge is 0.443 e. The zero-order valence-corrected chi connectivity index (χ0v) is 21.3. The van der Waals surface area contributed by atoms with E-state index in [2.05, 4.69) is 30.9 Å². The molecule has 0 aliphatic heterocycles. The fraction of sp³-hybridized carbons (Fsp3) is 0.240. The van der Waals surface area contributed by atoms with Gasteiger partial charge in [-0.05, 0) is 66.5 Å². The third-order valence-corrected chi connectivity index (χ3v) is 5.74. The number of aromatic nitrogens is 3. The standard InChI is InChI=1S/C25H24BrClN4O3/c1-25(2,3)34-24(33)31(14-15-4-7-18(27)8-5-15)21-9-6-16(11-28-21)22(32)20-13-30-23-19(20)10-17(26)12-29-23/h4-13,22,32H,14H2,1-3H3,(H,29,30). The molecule has 0 aliphatic carbocycles. The number of aliphatic hydroxyl groups is 1. The van der Waals surface area contributed by atoms with Crippen LogP contribution in [0.25, 0.3) is 11.0 Å². The van der Waals surface area contributed by atoms with Crippen molar-refractivity contribution in [2.75, 3.05) is 4.90 Å². The molecule has 34 heavy (non-hydrogen) atoms. The minimum atomic E-state index is -0.919. The number of carbonyl (C=O) groups excluding carboxylic acids is 1. The Hall–Kier alpha value is -2.94. The van der Waals surface area contributed by atoms with Gasteiger partial charge in [-0.25, -0.2) is 14.8 Å². The summed E-state index contributed by atoms with van der Waals surface area (Å²) < 4.78 is 6.42. The Labute approximate surface area is 210 Å². The molecule has 7 nitrogen and oxygen atoms in total. The van der Waals surface area contributed by atoms with Crippen LogP contribution in [0.2, 0.25) is 5.02 Å². The summed E-state index contributed by atoms with van der Waals surface area (Å²) in [4.78, 5) is 26.3. The van der Waals surface area contributed by atoms with Crippen molar-refractivity contribution in [3.8, 4) is 0 Å². The summed E-state index contributed by atoms with van der Waals surface area (Å²) in [6, 6.07) is 12.6. The Morgan fingerprint density at radius 2 is 1.91 bits per heavy atom. The molecule has 0 saturated heterocycles. The van der Waals surface area contributed by atoms with Crippen molar-refractivity contribution >= 4 is 50.5 Å². The number of amides is 1. The second-order valence-corrected chi connectivity index (χ2v) is 10.2. The van der Waals surface area contributed by atoms with Gasteiger partial charge in [0.05, 0.1) is 6.54 Å². The van der Waals surface area contributed by atoms with E-state index in [9.17, 15) is 9.90 Å². The lowest BCUT2D eigenvalue weighted by Gasteiger charge is -2.27. The van der Waals surface area contributed by atoms with Crippen molar-refractivity contribution < 1.29 is 14.6 Å². The molecule has 4 aromatic rings. The number of rotatable bonds is 5. The second-order valence-electron chi connectivity index (χ2n) is 8.84. The lowest BCUT2D eigenvalue weighted by molar-refractivity contribution is 0.0576. The van der Waals surface area contributed by atoms with Crippen LogP contribution < -0.4 is 4.90 Å². The van der Waals surface area contributed by atoms with Crippen LogP contribution in [-0.2, 0) is 11.3 Å². The third kappa shape index (κ3) is 5.58. The Morgan fingerprint density at radius 1 is 1.18 bits per heavy atom. The van der Waals surface area contributed by atoms with Crippen LogP contribution in [0.3, 0.4) is 0 Å². The van der Waals surface area contributed by atoms with E-state index in [-0.39, 0.29) is 6.54 Å². The first-order chi connectivity index (χ1) is 16.1. The number of halogens is 2. The molecule has 3 heterocycles. The van der Waals surface area contributed by atoms with Gasteiger partial charge in [-0.1, -0.05) is 29.8 Å². The quantitative estimate of drug-likeness (QED) is 0.304. The van der Waals surface area contributed by atoms with Gasteiger partial charge in [0.2, 0.25) is 0 Å². The smallest absolute Gasteiger partial charge is 0.416 e. The lowest BCUT2D eigenvalue weighted by atomic mass is 10.0. The number of benzene rings is 1. The molecule has 0 bridgehead atoms. The first kappa shape index (κ1) is 24.2. The van der Waals surface area contributed by atoms with Crippen molar-refractivity contribution in [3.63, 3.8) is 0 Å². The number of nitrogens with one attached hydrogen (secondary N) is 1. The number of carbonyl (C=O) groups is 1. The Bertz CT molecular complexity index is 1300. The highest BCUT2D eigenvalue weighted by molar-refractivity contribution is 9.10. The molecule has 0 spiro atoms. The molecule has 2 N–H and O–H groups in total. The van der Waals surface area contributed by atoms with Gasteiger partial charge in [0.25, 0.3) is 0 Å². The summed E-state index contributed by atoms with van der Waals surface area (Å²) in [7, 11) is 0. The van der Waals surface area contributed by atoms with Crippen molar-refractivity contribution in [3.05, 3.63) is 87.2 Å². The summed E-state index contributed by atoms with van der Waals surface area (Å²) >= 11 is 9.42. The van der Waals surface area contributed by atoms with Gasteiger partial charge in [-0.2, -0.15) is 0 Å². The van der Waals surface area contributed by atoms with E-state index in [0.717, 1.165) is 15.4 Å². The molecule has 1 amide bonds. The van der Waals surface area contributed by atoms with Crippen LogP contribution in [0.5, 0.6) is 0 Å². The second kappa shape index (κ2) is 9.74. The number of hydrogen-bond acceptors (Lipinski definition) is 5. The lowest BCUT2D eigenvalue weighted by Crippen LogP contribution is -2.37. The van der Waals surface area contributed by atoms with Gasteiger partial charge < -0.3 is 14.8 Å². The SMILES string of the molecule is CC(C)(C)OC(=O)N(Cc1ccc(Cl)cc1)c1ccc(C(O)c2c[nH]c3ncc(Br)cc23)cn1. The van der Waals surface area contributed by atoms with Crippen molar-refractivity contribution in [2.24, 2.45) is 0 Å². The molecule has 0 fully saturated rings. The highest BCUT2D eigenvalue weighted by atomic mass is 79.9. The van der Waals surface area contributed by atoms with Gasteiger partial charge in [-0.3, -0.25) is 4.90 Å². The highest BCUT2D eigenvalue weighted by Gasteiger charge is 2.25. The summed E-state index contributed by atoms with van der Waals surface area (Å²) in [6.07, 6.45) is 3.55. The van der Waals surface area contributed by atoms with Gasteiger partial charge in [-0.15, -0.1) is 0 Å². The normalized spacial score (nSPS) is 12.5. The zero-order chi connectivity index (χ0) is 24.5. The number of H-pyrrole nitrogens is 1.